The van der Waals surface area contributed by atoms with Crippen LogP contribution >= 0.6 is 0 Å². The molecule has 0 aliphatic rings. The van der Waals surface area contributed by atoms with Crippen LogP contribution in [-0.2, 0) is 6.61 Å². The van der Waals surface area contributed by atoms with Crippen LogP contribution < -0.4 is 0 Å². The van der Waals surface area contributed by atoms with Gasteiger partial charge in [-0.25, -0.2) is 4.79 Å². The molecular weight excluding hydrogens is 152 g/mol. The fraction of sp³-hybridized carbons (Fsp3) is 0.167. The SMILES string of the molecule is O.O=C(O)c1ccc(CO)o1. The lowest BCUT2D eigenvalue weighted by Crippen LogP contribution is -1.91. The topological polar surface area (TPSA) is 102 Å². The van der Waals surface area contributed by atoms with E-state index >= 15 is 0 Å². The molecule has 0 aliphatic carbocycles. The first-order chi connectivity index (χ1) is 4.74. The van der Waals surface area contributed by atoms with Crippen molar-refractivity contribution in [1.29, 1.82) is 0 Å². The Kier molecular flexibility index (Phi) is 3.29. The van der Waals surface area contributed by atoms with Gasteiger partial charge in [-0.05, 0) is 12.1 Å². The molecule has 0 spiro atoms. The number of aliphatic hydroxyl groups is 1. The van der Waals surface area contributed by atoms with Crippen LogP contribution in [0.2, 0.25) is 0 Å². The highest BCUT2D eigenvalue weighted by molar-refractivity contribution is 5.84. The second-order valence-corrected chi connectivity index (χ2v) is 1.73. The minimum absolute atomic E-state index is 0. The Morgan fingerprint density at radius 2 is 2.18 bits per heavy atom. The number of hydrogen-bond acceptors (Lipinski definition) is 3. The van der Waals surface area contributed by atoms with Gasteiger partial charge in [0, 0.05) is 0 Å². The molecule has 0 unspecified atom stereocenters. The molecule has 0 fully saturated rings. The monoisotopic (exact) mass is 160 g/mol. The van der Waals surface area contributed by atoms with E-state index in [0.717, 1.165) is 0 Å². The van der Waals surface area contributed by atoms with Crippen molar-refractivity contribution >= 4 is 5.97 Å². The van der Waals surface area contributed by atoms with E-state index in [1.807, 2.05) is 0 Å². The van der Waals surface area contributed by atoms with E-state index in [-0.39, 0.29) is 23.6 Å². The number of carboxylic acids is 1. The van der Waals surface area contributed by atoms with E-state index in [0.29, 0.717) is 0 Å². The molecule has 0 bridgehead atoms. The number of aromatic carboxylic acids is 1. The van der Waals surface area contributed by atoms with Gasteiger partial charge >= 0.3 is 5.97 Å². The number of hydrogen-bond donors (Lipinski definition) is 2. The molecular formula is C6H8O5. The highest BCUT2D eigenvalue weighted by Crippen LogP contribution is 2.06. The molecule has 0 amide bonds. The normalized spacial score (nSPS) is 8.82. The molecule has 0 radical (unpaired) electrons. The first kappa shape index (κ1) is 9.67. The second-order valence-electron chi connectivity index (χ2n) is 1.73. The van der Waals surface area contributed by atoms with E-state index in [1.54, 1.807) is 0 Å². The zero-order chi connectivity index (χ0) is 7.56. The highest BCUT2D eigenvalue weighted by Gasteiger charge is 2.06. The Labute approximate surface area is 62.2 Å². The minimum Gasteiger partial charge on any atom is -0.475 e. The molecule has 1 heterocycles. The van der Waals surface area contributed by atoms with Crippen LogP contribution in [-0.4, -0.2) is 21.7 Å². The molecule has 62 valence electrons. The van der Waals surface area contributed by atoms with Crippen molar-refractivity contribution in [2.24, 2.45) is 0 Å². The zero-order valence-electron chi connectivity index (χ0n) is 5.57. The van der Waals surface area contributed by atoms with Gasteiger partial charge in [0.1, 0.15) is 12.4 Å². The summed E-state index contributed by atoms with van der Waals surface area (Å²) in [5.74, 6) is -1.01. The summed E-state index contributed by atoms with van der Waals surface area (Å²) in [6.45, 7) is -0.271. The van der Waals surface area contributed by atoms with Crippen LogP contribution in [0.5, 0.6) is 0 Å². The summed E-state index contributed by atoms with van der Waals surface area (Å²) in [7, 11) is 0. The van der Waals surface area contributed by atoms with Crippen molar-refractivity contribution in [1.82, 2.24) is 0 Å². The van der Waals surface area contributed by atoms with Gasteiger partial charge in [-0.3, -0.25) is 0 Å². The van der Waals surface area contributed by atoms with Gasteiger partial charge in [0.15, 0.2) is 0 Å². The van der Waals surface area contributed by atoms with Crippen molar-refractivity contribution in [2.75, 3.05) is 0 Å². The number of rotatable bonds is 2. The maximum atomic E-state index is 10.2. The minimum atomic E-state index is -1.13. The molecule has 0 saturated heterocycles. The lowest BCUT2D eigenvalue weighted by Gasteiger charge is -1.85. The van der Waals surface area contributed by atoms with E-state index in [4.69, 9.17) is 10.2 Å². The Morgan fingerprint density at radius 1 is 1.55 bits per heavy atom. The number of aliphatic hydroxyl groups excluding tert-OH is 1. The average molecular weight is 160 g/mol. The fourth-order valence-corrected chi connectivity index (χ4v) is 0.578. The van der Waals surface area contributed by atoms with Gasteiger partial charge in [0.2, 0.25) is 5.76 Å². The van der Waals surface area contributed by atoms with Gasteiger partial charge in [0.25, 0.3) is 0 Å². The van der Waals surface area contributed by atoms with Crippen LogP contribution in [0.25, 0.3) is 0 Å². The number of carbonyl (C=O) groups is 1. The summed E-state index contributed by atoms with van der Waals surface area (Å²) in [5.41, 5.74) is 0. The largest absolute Gasteiger partial charge is 0.475 e. The van der Waals surface area contributed by atoms with Crippen LogP contribution in [0.1, 0.15) is 16.3 Å². The summed E-state index contributed by atoms with van der Waals surface area (Å²) >= 11 is 0. The molecule has 0 atom stereocenters. The Morgan fingerprint density at radius 3 is 2.45 bits per heavy atom. The first-order valence-corrected chi connectivity index (χ1v) is 2.67. The first-order valence-electron chi connectivity index (χ1n) is 2.67. The second kappa shape index (κ2) is 3.75. The van der Waals surface area contributed by atoms with Crippen LogP contribution in [0.3, 0.4) is 0 Å². The molecule has 1 aromatic heterocycles. The molecule has 5 heteroatoms. The van der Waals surface area contributed by atoms with Gasteiger partial charge in [-0.1, -0.05) is 0 Å². The number of carboxylic acid groups (broad SMARTS) is 1. The average Bonchev–Trinajstić information content (AvgIpc) is 2.34. The maximum absolute atomic E-state index is 10.2. The standard InChI is InChI=1S/C6H6O4.H2O/c7-3-4-1-2-5(10-4)6(8)9;/h1-2,7H,3H2,(H,8,9);1H2. The lowest BCUT2D eigenvalue weighted by atomic mass is 10.4. The van der Waals surface area contributed by atoms with E-state index in [1.165, 1.54) is 12.1 Å². The highest BCUT2D eigenvalue weighted by atomic mass is 16.4. The summed E-state index contributed by atoms with van der Waals surface area (Å²) < 4.78 is 4.64. The van der Waals surface area contributed by atoms with E-state index in [9.17, 15) is 4.79 Å². The Hall–Kier alpha value is -1.33. The quantitative estimate of drug-likeness (QED) is 0.616. The molecule has 5 nitrogen and oxygen atoms in total. The van der Waals surface area contributed by atoms with Gasteiger partial charge < -0.3 is 20.1 Å². The third-order valence-electron chi connectivity index (χ3n) is 1.03. The summed E-state index contributed by atoms with van der Waals surface area (Å²) in [6, 6.07) is 2.72. The molecule has 0 aliphatic heterocycles. The third-order valence-corrected chi connectivity index (χ3v) is 1.03. The van der Waals surface area contributed by atoms with Crippen molar-refractivity contribution in [3.05, 3.63) is 23.7 Å². The molecule has 0 saturated carbocycles. The van der Waals surface area contributed by atoms with Crippen molar-refractivity contribution < 1.29 is 24.9 Å². The summed E-state index contributed by atoms with van der Waals surface area (Å²) in [4.78, 5) is 10.2. The smallest absolute Gasteiger partial charge is 0.371 e. The van der Waals surface area contributed by atoms with Gasteiger partial charge in [-0.15, -0.1) is 0 Å². The molecule has 4 N–H and O–H groups in total. The fourth-order valence-electron chi connectivity index (χ4n) is 0.578. The van der Waals surface area contributed by atoms with Crippen LogP contribution in [0.15, 0.2) is 16.5 Å². The Bertz CT molecular complexity index is 239. The van der Waals surface area contributed by atoms with Crippen molar-refractivity contribution in [3.8, 4) is 0 Å². The summed E-state index contributed by atoms with van der Waals surface area (Å²) in [5, 5.41) is 16.8. The predicted molar refractivity (Wildman–Crippen MR) is 35.2 cm³/mol. The molecule has 0 aromatic carbocycles. The van der Waals surface area contributed by atoms with Crippen LogP contribution in [0, 0.1) is 0 Å². The number of furan rings is 1. The lowest BCUT2D eigenvalue weighted by molar-refractivity contribution is 0.0657. The molecule has 1 aromatic rings. The molecule has 1 rings (SSSR count). The predicted octanol–water partition coefficient (Wildman–Crippen LogP) is -0.355. The van der Waals surface area contributed by atoms with E-state index < -0.39 is 5.97 Å². The summed E-state index contributed by atoms with van der Waals surface area (Å²) in [6.07, 6.45) is 0. The zero-order valence-corrected chi connectivity index (χ0v) is 5.57. The maximum Gasteiger partial charge on any atom is 0.371 e. The van der Waals surface area contributed by atoms with E-state index in [2.05, 4.69) is 4.42 Å². The van der Waals surface area contributed by atoms with Crippen LogP contribution in [0.4, 0.5) is 0 Å². The van der Waals surface area contributed by atoms with Crippen molar-refractivity contribution in [3.63, 3.8) is 0 Å². The van der Waals surface area contributed by atoms with Gasteiger partial charge in [-0.2, -0.15) is 0 Å². The Balaban J connectivity index is 0.000001000. The van der Waals surface area contributed by atoms with Gasteiger partial charge in [0.05, 0.1) is 0 Å². The third kappa shape index (κ3) is 2.06. The molecule has 11 heavy (non-hydrogen) atoms. The van der Waals surface area contributed by atoms with Crippen molar-refractivity contribution in [2.45, 2.75) is 6.61 Å².